The van der Waals surface area contributed by atoms with Gasteiger partial charge in [-0.25, -0.2) is 4.79 Å². The number of benzene rings is 2. The molecule has 1 atom stereocenters. The number of imide groups is 1. The fraction of sp³-hybridized carbons (Fsp3) is 0.250. The zero-order valence-electron chi connectivity index (χ0n) is 14.1. The van der Waals surface area contributed by atoms with Crippen molar-refractivity contribution in [2.75, 3.05) is 13.1 Å². The maximum Gasteiger partial charge on any atom is 0.410 e. The highest BCUT2D eigenvalue weighted by molar-refractivity contribution is 6.21. The molecule has 2 heterocycles. The number of carbonyl (C=O) groups excluding carboxylic acids is 3. The first-order chi connectivity index (χ1) is 12.6. The minimum absolute atomic E-state index is 0.202. The maximum absolute atomic E-state index is 12.6. The molecule has 132 valence electrons. The summed E-state index contributed by atoms with van der Waals surface area (Å²) < 4.78 is 5.34. The molecular weight excluding hydrogens is 332 g/mol. The van der Waals surface area contributed by atoms with Crippen LogP contribution in [0.5, 0.6) is 0 Å². The van der Waals surface area contributed by atoms with E-state index >= 15 is 0 Å². The fourth-order valence-corrected chi connectivity index (χ4v) is 3.47. The lowest BCUT2D eigenvalue weighted by molar-refractivity contribution is 0.0578. The normalized spacial score (nSPS) is 19.0. The van der Waals surface area contributed by atoms with Crippen LogP contribution in [0.2, 0.25) is 0 Å². The molecule has 0 bridgehead atoms. The Hall–Kier alpha value is -3.15. The molecule has 6 heteroatoms. The van der Waals surface area contributed by atoms with Crippen LogP contribution in [0.15, 0.2) is 54.6 Å². The van der Waals surface area contributed by atoms with E-state index in [9.17, 15) is 14.4 Å². The van der Waals surface area contributed by atoms with Crippen molar-refractivity contribution in [2.24, 2.45) is 0 Å². The molecule has 1 fully saturated rings. The van der Waals surface area contributed by atoms with Gasteiger partial charge in [-0.2, -0.15) is 0 Å². The van der Waals surface area contributed by atoms with Crippen molar-refractivity contribution in [1.29, 1.82) is 0 Å². The first-order valence-electron chi connectivity index (χ1n) is 8.57. The van der Waals surface area contributed by atoms with E-state index in [1.807, 2.05) is 30.3 Å². The van der Waals surface area contributed by atoms with Crippen LogP contribution in [0.3, 0.4) is 0 Å². The molecule has 1 unspecified atom stereocenters. The van der Waals surface area contributed by atoms with Crippen LogP contribution in [-0.4, -0.2) is 46.8 Å². The van der Waals surface area contributed by atoms with Gasteiger partial charge in [0.2, 0.25) is 0 Å². The molecule has 2 aromatic rings. The van der Waals surface area contributed by atoms with Crippen LogP contribution < -0.4 is 0 Å². The van der Waals surface area contributed by atoms with E-state index < -0.39 is 6.09 Å². The van der Waals surface area contributed by atoms with Gasteiger partial charge in [0.05, 0.1) is 17.2 Å². The van der Waals surface area contributed by atoms with Crippen molar-refractivity contribution in [3.05, 3.63) is 71.3 Å². The summed E-state index contributed by atoms with van der Waals surface area (Å²) >= 11 is 0. The number of ether oxygens (including phenoxy) is 1. The van der Waals surface area contributed by atoms with Crippen LogP contribution in [0.1, 0.15) is 32.7 Å². The molecule has 0 N–H and O–H groups in total. The monoisotopic (exact) mass is 350 g/mol. The lowest BCUT2D eigenvalue weighted by Gasteiger charge is -2.22. The zero-order valence-corrected chi connectivity index (χ0v) is 14.1. The number of likely N-dealkylation sites (tertiary alicyclic amines) is 1. The Bertz CT molecular complexity index is 830. The summed E-state index contributed by atoms with van der Waals surface area (Å²) in [7, 11) is 0. The number of fused-ring (bicyclic) bond motifs is 1. The fourth-order valence-electron chi connectivity index (χ4n) is 3.47. The van der Waals surface area contributed by atoms with E-state index in [2.05, 4.69) is 0 Å². The Morgan fingerprint density at radius 1 is 0.962 bits per heavy atom. The smallest absolute Gasteiger partial charge is 0.410 e. The first-order valence-corrected chi connectivity index (χ1v) is 8.57. The molecule has 0 radical (unpaired) electrons. The number of nitrogens with zero attached hydrogens (tertiary/aromatic N) is 2. The van der Waals surface area contributed by atoms with E-state index in [-0.39, 0.29) is 24.5 Å². The molecule has 2 aliphatic heterocycles. The topological polar surface area (TPSA) is 66.9 Å². The van der Waals surface area contributed by atoms with Gasteiger partial charge < -0.3 is 9.64 Å². The Balaban J connectivity index is 1.39. The van der Waals surface area contributed by atoms with Gasteiger partial charge in [-0.3, -0.25) is 14.5 Å². The maximum atomic E-state index is 12.6. The molecule has 26 heavy (non-hydrogen) atoms. The van der Waals surface area contributed by atoms with E-state index in [1.54, 1.807) is 29.2 Å². The Morgan fingerprint density at radius 3 is 2.23 bits per heavy atom. The van der Waals surface area contributed by atoms with Gasteiger partial charge in [0.25, 0.3) is 11.8 Å². The first kappa shape index (κ1) is 16.3. The third kappa shape index (κ3) is 2.83. The van der Waals surface area contributed by atoms with Gasteiger partial charge >= 0.3 is 6.09 Å². The minimum Gasteiger partial charge on any atom is -0.445 e. The molecule has 6 nitrogen and oxygen atoms in total. The summed E-state index contributed by atoms with van der Waals surface area (Å²) in [6, 6.07) is 16.0. The van der Waals surface area contributed by atoms with Crippen LogP contribution in [0.4, 0.5) is 4.79 Å². The summed E-state index contributed by atoms with van der Waals surface area (Å²) in [4.78, 5) is 40.2. The molecule has 2 aromatic carbocycles. The number of hydrogen-bond donors (Lipinski definition) is 0. The molecule has 0 aliphatic carbocycles. The Labute approximate surface area is 151 Å². The molecule has 2 aliphatic rings. The molecule has 0 aromatic heterocycles. The third-order valence-electron chi connectivity index (χ3n) is 4.82. The van der Waals surface area contributed by atoms with Crippen molar-refractivity contribution < 1.29 is 19.1 Å². The van der Waals surface area contributed by atoms with Crippen molar-refractivity contribution in [1.82, 2.24) is 9.80 Å². The molecule has 0 saturated carbocycles. The predicted octanol–water partition coefficient (Wildman–Crippen LogP) is 2.69. The number of carbonyl (C=O) groups is 3. The van der Waals surface area contributed by atoms with Gasteiger partial charge in [-0.1, -0.05) is 42.5 Å². The van der Waals surface area contributed by atoms with Crippen molar-refractivity contribution in [3.63, 3.8) is 0 Å². The highest BCUT2D eigenvalue weighted by atomic mass is 16.6. The highest BCUT2D eigenvalue weighted by Gasteiger charge is 2.43. The Morgan fingerprint density at radius 2 is 1.58 bits per heavy atom. The summed E-state index contributed by atoms with van der Waals surface area (Å²) in [5.41, 5.74) is 1.78. The second kappa shape index (κ2) is 6.63. The van der Waals surface area contributed by atoms with Crippen molar-refractivity contribution in [3.8, 4) is 0 Å². The van der Waals surface area contributed by atoms with E-state index in [0.29, 0.717) is 30.6 Å². The molecule has 1 saturated heterocycles. The van der Waals surface area contributed by atoms with Crippen LogP contribution in [-0.2, 0) is 11.3 Å². The largest absolute Gasteiger partial charge is 0.445 e. The summed E-state index contributed by atoms with van der Waals surface area (Å²) in [6.45, 7) is 0.971. The highest BCUT2D eigenvalue weighted by Crippen LogP contribution is 2.28. The van der Waals surface area contributed by atoms with Crippen molar-refractivity contribution >= 4 is 17.9 Å². The van der Waals surface area contributed by atoms with Gasteiger partial charge in [0.1, 0.15) is 6.61 Å². The van der Waals surface area contributed by atoms with Gasteiger partial charge in [0, 0.05) is 13.1 Å². The second-order valence-electron chi connectivity index (χ2n) is 6.45. The van der Waals surface area contributed by atoms with Crippen LogP contribution in [0, 0.1) is 0 Å². The summed E-state index contributed by atoms with van der Waals surface area (Å²) in [6.07, 6.45) is 0.138. The standard InChI is InChI=1S/C20H18N2O4/c23-18-16-8-4-5-9-17(16)19(24)22(18)15-10-11-21(12-15)20(25)26-13-14-6-2-1-3-7-14/h1-9,15H,10-13H2. The lowest BCUT2D eigenvalue weighted by Crippen LogP contribution is -2.42. The second-order valence-corrected chi connectivity index (χ2v) is 6.45. The minimum atomic E-state index is -0.423. The van der Waals surface area contributed by atoms with Gasteiger partial charge in [-0.05, 0) is 24.1 Å². The quantitative estimate of drug-likeness (QED) is 0.798. The van der Waals surface area contributed by atoms with Gasteiger partial charge in [-0.15, -0.1) is 0 Å². The number of rotatable bonds is 3. The summed E-state index contributed by atoms with van der Waals surface area (Å²) in [5, 5.41) is 0. The van der Waals surface area contributed by atoms with Crippen LogP contribution >= 0.6 is 0 Å². The number of hydrogen-bond acceptors (Lipinski definition) is 4. The average molecular weight is 350 g/mol. The Kier molecular flexibility index (Phi) is 4.16. The SMILES string of the molecule is O=C(OCc1ccccc1)N1CCC(N2C(=O)c3ccccc3C2=O)C1. The molecule has 3 amide bonds. The van der Waals surface area contributed by atoms with Crippen LogP contribution in [0.25, 0.3) is 0 Å². The van der Waals surface area contributed by atoms with Crippen molar-refractivity contribution in [2.45, 2.75) is 19.1 Å². The molecular formula is C20H18N2O4. The van der Waals surface area contributed by atoms with Gasteiger partial charge in [0.15, 0.2) is 0 Å². The van der Waals surface area contributed by atoms with E-state index in [4.69, 9.17) is 4.74 Å². The summed E-state index contributed by atoms with van der Waals surface area (Å²) in [5.74, 6) is -0.565. The zero-order chi connectivity index (χ0) is 18.1. The van der Waals surface area contributed by atoms with E-state index in [0.717, 1.165) is 5.56 Å². The predicted molar refractivity (Wildman–Crippen MR) is 93.5 cm³/mol. The molecule has 4 rings (SSSR count). The third-order valence-corrected chi connectivity index (χ3v) is 4.82. The average Bonchev–Trinajstić information content (AvgIpc) is 3.25. The lowest BCUT2D eigenvalue weighted by atomic mass is 10.1. The molecule has 0 spiro atoms. The number of amides is 3. The van der Waals surface area contributed by atoms with E-state index in [1.165, 1.54) is 4.90 Å².